The number of rotatable bonds is 0. The van der Waals surface area contributed by atoms with Gasteiger partial charge in [0.15, 0.2) is 0 Å². The van der Waals surface area contributed by atoms with Crippen LogP contribution in [0.3, 0.4) is 0 Å². The molecular weight excluding hydrogens is 128 g/mol. The Hall–Kier alpha value is -0.570. The monoisotopic (exact) mass is 140 g/mol. The maximum Gasteiger partial charge on any atom is 0.224 e. The van der Waals surface area contributed by atoms with Crippen molar-refractivity contribution >= 4 is 5.91 Å². The summed E-state index contributed by atoms with van der Waals surface area (Å²) in [5.74, 6) is 0.259. The Morgan fingerprint density at radius 2 is 2.40 bits per heavy atom. The molecule has 2 N–H and O–H groups in total. The zero-order valence-electron chi connectivity index (χ0n) is 5.92. The van der Waals surface area contributed by atoms with E-state index in [1.54, 1.807) is 0 Å². The number of hydrogen-bond acceptors (Lipinski definition) is 2. The number of nitrogens with zero attached hydrogens (tertiary/aromatic N) is 1. The minimum Gasteiger partial charge on any atom is -0.338 e. The van der Waals surface area contributed by atoms with Gasteiger partial charge in [-0.05, 0) is 12.8 Å². The van der Waals surface area contributed by atoms with E-state index in [1.165, 1.54) is 0 Å². The van der Waals surface area contributed by atoms with E-state index in [2.05, 4.69) is 0 Å². The lowest BCUT2D eigenvalue weighted by atomic mass is 10.1. The van der Waals surface area contributed by atoms with E-state index in [0.29, 0.717) is 12.5 Å². The van der Waals surface area contributed by atoms with Crippen molar-refractivity contribution in [2.45, 2.75) is 31.3 Å². The molecule has 2 rings (SSSR count). The first-order valence-electron chi connectivity index (χ1n) is 3.84. The van der Waals surface area contributed by atoms with Gasteiger partial charge in [-0.15, -0.1) is 0 Å². The Balaban J connectivity index is 2.19. The van der Waals surface area contributed by atoms with Crippen LogP contribution in [0, 0.1) is 0 Å². The van der Waals surface area contributed by atoms with Crippen LogP contribution in [0.4, 0.5) is 0 Å². The number of carbonyl (C=O) groups excluding carboxylic acids is 1. The largest absolute Gasteiger partial charge is 0.338 e. The van der Waals surface area contributed by atoms with Crippen molar-refractivity contribution < 1.29 is 4.79 Å². The van der Waals surface area contributed by atoms with Crippen LogP contribution in [0.15, 0.2) is 0 Å². The van der Waals surface area contributed by atoms with Crippen molar-refractivity contribution in [2.24, 2.45) is 5.73 Å². The molecule has 3 nitrogen and oxygen atoms in total. The third-order valence-electron chi connectivity index (χ3n) is 2.52. The highest BCUT2D eigenvalue weighted by molar-refractivity contribution is 5.80. The molecule has 2 fully saturated rings. The zero-order valence-corrected chi connectivity index (χ0v) is 5.92. The van der Waals surface area contributed by atoms with Gasteiger partial charge in [-0.3, -0.25) is 4.79 Å². The SMILES string of the molecule is N[C@H]1CC(=O)N2CCC[C@@H]12. The zero-order chi connectivity index (χ0) is 7.14. The van der Waals surface area contributed by atoms with Crippen molar-refractivity contribution in [3.63, 3.8) is 0 Å². The molecular formula is C7H12N2O. The minimum absolute atomic E-state index is 0.120. The first-order valence-corrected chi connectivity index (χ1v) is 3.84. The highest BCUT2D eigenvalue weighted by atomic mass is 16.2. The average molecular weight is 140 g/mol. The van der Waals surface area contributed by atoms with E-state index in [0.717, 1.165) is 19.4 Å². The summed E-state index contributed by atoms with van der Waals surface area (Å²) in [6, 6.07) is 0.502. The van der Waals surface area contributed by atoms with Gasteiger partial charge in [-0.1, -0.05) is 0 Å². The van der Waals surface area contributed by atoms with Gasteiger partial charge < -0.3 is 10.6 Å². The molecule has 0 saturated carbocycles. The molecule has 2 aliphatic rings. The lowest BCUT2D eigenvalue weighted by molar-refractivity contribution is -0.127. The van der Waals surface area contributed by atoms with Crippen LogP contribution in [-0.4, -0.2) is 29.4 Å². The van der Waals surface area contributed by atoms with Gasteiger partial charge >= 0.3 is 0 Å². The predicted molar refractivity (Wildman–Crippen MR) is 37.3 cm³/mol. The molecule has 0 unspecified atom stereocenters. The van der Waals surface area contributed by atoms with Crippen molar-refractivity contribution in [3.8, 4) is 0 Å². The van der Waals surface area contributed by atoms with Crippen LogP contribution in [0.1, 0.15) is 19.3 Å². The second-order valence-electron chi connectivity index (χ2n) is 3.16. The molecule has 0 bridgehead atoms. The Labute approximate surface area is 60.2 Å². The number of fused-ring (bicyclic) bond motifs is 1. The first-order chi connectivity index (χ1) is 4.79. The van der Waals surface area contributed by atoms with Crippen molar-refractivity contribution in [1.29, 1.82) is 0 Å². The number of amides is 1. The smallest absolute Gasteiger partial charge is 0.224 e. The van der Waals surface area contributed by atoms with E-state index in [9.17, 15) is 4.79 Å². The van der Waals surface area contributed by atoms with Crippen molar-refractivity contribution in [3.05, 3.63) is 0 Å². The topological polar surface area (TPSA) is 46.3 Å². The highest BCUT2D eigenvalue weighted by Gasteiger charge is 2.40. The van der Waals surface area contributed by atoms with Gasteiger partial charge in [0.2, 0.25) is 5.91 Å². The fourth-order valence-corrected chi connectivity index (χ4v) is 2.00. The Morgan fingerprint density at radius 1 is 1.60 bits per heavy atom. The average Bonchev–Trinajstić information content (AvgIpc) is 2.39. The second kappa shape index (κ2) is 1.95. The molecule has 2 atom stereocenters. The third-order valence-corrected chi connectivity index (χ3v) is 2.52. The number of hydrogen-bond donors (Lipinski definition) is 1. The van der Waals surface area contributed by atoms with Gasteiger partial charge in [0.1, 0.15) is 0 Å². The summed E-state index contributed by atoms with van der Waals surface area (Å²) in [6.07, 6.45) is 2.84. The highest BCUT2D eigenvalue weighted by Crippen LogP contribution is 2.27. The van der Waals surface area contributed by atoms with Crippen LogP contribution in [-0.2, 0) is 4.79 Å². The molecule has 0 radical (unpaired) electrons. The van der Waals surface area contributed by atoms with Crippen LogP contribution in [0.2, 0.25) is 0 Å². The number of carbonyl (C=O) groups is 1. The van der Waals surface area contributed by atoms with Crippen LogP contribution in [0.5, 0.6) is 0 Å². The molecule has 10 heavy (non-hydrogen) atoms. The molecule has 2 saturated heterocycles. The molecule has 56 valence electrons. The molecule has 0 aromatic rings. The summed E-state index contributed by atoms with van der Waals surface area (Å²) in [6.45, 7) is 0.942. The van der Waals surface area contributed by atoms with E-state index < -0.39 is 0 Å². The Bertz CT molecular complexity index is 169. The van der Waals surface area contributed by atoms with Gasteiger partial charge in [0.05, 0.1) is 0 Å². The Kier molecular flexibility index (Phi) is 1.20. The van der Waals surface area contributed by atoms with Gasteiger partial charge in [-0.25, -0.2) is 0 Å². The van der Waals surface area contributed by atoms with Gasteiger partial charge in [0, 0.05) is 25.0 Å². The van der Waals surface area contributed by atoms with Crippen LogP contribution >= 0.6 is 0 Å². The predicted octanol–water partition coefficient (Wildman–Crippen LogP) is -0.292. The molecule has 0 aromatic carbocycles. The summed E-state index contributed by atoms with van der Waals surface area (Å²) in [4.78, 5) is 13.0. The molecule has 2 aliphatic heterocycles. The van der Waals surface area contributed by atoms with Crippen molar-refractivity contribution in [1.82, 2.24) is 4.90 Å². The Morgan fingerprint density at radius 3 is 3.10 bits per heavy atom. The molecule has 2 heterocycles. The van der Waals surface area contributed by atoms with E-state index in [4.69, 9.17) is 5.73 Å². The quantitative estimate of drug-likeness (QED) is 0.502. The fraction of sp³-hybridized carbons (Fsp3) is 0.857. The third kappa shape index (κ3) is 0.669. The maximum atomic E-state index is 11.1. The molecule has 0 aromatic heterocycles. The molecule has 0 spiro atoms. The lowest BCUT2D eigenvalue weighted by Crippen LogP contribution is -2.35. The number of nitrogens with two attached hydrogens (primary N) is 1. The van der Waals surface area contributed by atoms with Crippen molar-refractivity contribution in [2.75, 3.05) is 6.54 Å². The van der Waals surface area contributed by atoms with E-state index >= 15 is 0 Å². The lowest BCUT2D eigenvalue weighted by Gasteiger charge is -2.16. The van der Waals surface area contributed by atoms with E-state index in [1.807, 2.05) is 4.90 Å². The summed E-state index contributed by atoms with van der Waals surface area (Å²) in [5.41, 5.74) is 5.75. The molecule has 0 aliphatic carbocycles. The normalized spacial score (nSPS) is 38.9. The standard InChI is InChI=1S/C7H12N2O/c8-5-4-7(10)9-3-1-2-6(5)9/h5-6H,1-4,8H2/t5-,6-/m0/s1. The fourth-order valence-electron chi connectivity index (χ4n) is 2.00. The minimum atomic E-state index is 0.120. The molecule has 3 heteroatoms. The van der Waals surface area contributed by atoms with Gasteiger partial charge in [-0.2, -0.15) is 0 Å². The first kappa shape index (κ1) is 6.16. The van der Waals surface area contributed by atoms with Crippen LogP contribution in [0.25, 0.3) is 0 Å². The maximum absolute atomic E-state index is 11.1. The summed E-state index contributed by atoms with van der Waals surface area (Å²) in [5, 5.41) is 0. The summed E-state index contributed by atoms with van der Waals surface area (Å²) >= 11 is 0. The van der Waals surface area contributed by atoms with E-state index in [-0.39, 0.29) is 11.9 Å². The second-order valence-corrected chi connectivity index (χ2v) is 3.16. The van der Waals surface area contributed by atoms with Crippen LogP contribution < -0.4 is 5.73 Å². The molecule has 1 amide bonds. The summed E-state index contributed by atoms with van der Waals surface area (Å²) in [7, 11) is 0. The van der Waals surface area contributed by atoms with Gasteiger partial charge in [0.25, 0.3) is 0 Å². The summed E-state index contributed by atoms with van der Waals surface area (Å²) < 4.78 is 0.